The minimum absolute atomic E-state index is 0.324. The lowest BCUT2D eigenvalue weighted by Gasteiger charge is -2.09. The van der Waals surface area contributed by atoms with Gasteiger partial charge in [0.2, 0.25) is 0 Å². The van der Waals surface area contributed by atoms with Gasteiger partial charge in [-0.25, -0.2) is 4.79 Å². The molecule has 0 aliphatic heterocycles. The molecule has 0 radical (unpaired) electrons. The molecule has 0 unspecified atom stereocenters. The second kappa shape index (κ2) is 7.20. The molecule has 1 aromatic rings. The Labute approximate surface area is 111 Å². The Morgan fingerprint density at radius 2 is 2.05 bits per heavy atom. The largest absolute Gasteiger partial charge is 0.493 e. The van der Waals surface area contributed by atoms with E-state index in [1.54, 1.807) is 18.2 Å². The minimum atomic E-state index is -1.03. The van der Waals surface area contributed by atoms with Crippen LogP contribution in [0.5, 0.6) is 11.5 Å². The first-order valence-corrected chi connectivity index (χ1v) is 5.86. The zero-order valence-corrected chi connectivity index (χ0v) is 10.9. The maximum atomic E-state index is 11.4. The Balaban J connectivity index is 2.90. The van der Waals surface area contributed by atoms with Gasteiger partial charge in [0.15, 0.2) is 11.5 Å². The van der Waals surface area contributed by atoms with Crippen molar-refractivity contribution in [2.45, 2.75) is 19.8 Å². The third-order valence-corrected chi connectivity index (χ3v) is 2.28. The molecule has 1 aromatic carbocycles. The molecule has 0 aliphatic rings. The van der Waals surface area contributed by atoms with E-state index in [2.05, 4.69) is 0 Å². The highest BCUT2D eigenvalue weighted by Crippen LogP contribution is 2.29. The van der Waals surface area contributed by atoms with Gasteiger partial charge in [-0.2, -0.15) is 0 Å². The minimum Gasteiger partial charge on any atom is -0.493 e. The van der Waals surface area contributed by atoms with Gasteiger partial charge < -0.3 is 14.6 Å². The molecule has 0 amide bonds. The standard InChI is InChI=1S/C14H16O5/c1-3-4-14(17)19-11-7-5-10(6-8-13(15)16)9-12(11)18-2/h5-9H,3-4H2,1-2H3,(H,15,16)/b8-6+. The van der Waals surface area contributed by atoms with Crippen molar-refractivity contribution in [2.75, 3.05) is 7.11 Å². The zero-order chi connectivity index (χ0) is 14.3. The van der Waals surface area contributed by atoms with E-state index in [0.29, 0.717) is 29.9 Å². The number of methoxy groups -OCH3 is 1. The number of rotatable bonds is 6. The summed E-state index contributed by atoms with van der Waals surface area (Å²) < 4.78 is 10.3. The molecule has 5 nitrogen and oxygen atoms in total. The van der Waals surface area contributed by atoms with E-state index < -0.39 is 5.97 Å². The quantitative estimate of drug-likeness (QED) is 0.485. The lowest BCUT2D eigenvalue weighted by molar-refractivity contribution is -0.134. The van der Waals surface area contributed by atoms with E-state index in [9.17, 15) is 9.59 Å². The molecule has 0 heterocycles. The van der Waals surface area contributed by atoms with Crippen molar-refractivity contribution in [1.82, 2.24) is 0 Å². The van der Waals surface area contributed by atoms with Gasteiger partial charge in [-0.15, -0.1) is 0 Å². The van der Waals surface area contributed by atoms with Gasteiger partial charge >= 0.3 is 11.9 Å². The Kier molecular flexibility index (Phi) is 5.60. The molecule has 0 bridgehead atoms. The van der Waals surface area contributed by atoms with E-state index in [0.717, 1.165) is 6.08 Å². The lowest BCUT2D eigenvalue weighted by Crippen LogP contribution is -2.07. The number of hydrogen-bond acceptors (Lipinski definition) is 4. The van der Waals surface area contributed by atoms with E-state index >= 15 is 0 Å². The van der Waals surface area contributed by atoms with Crippen molar-refractivity contribution in [3.63, 3.8) is 0 Å². The van der Waals surface area contributed by atoms with Crippen LogP contribution < -0.4 is 9.47 Å². The van der Waals surface area contributed by atoms with Crippen LogP contribution in [0.2, 0.25) is 0 Å². The van der Waals surface area contributed by atoms with Crippen LogP contribution in [-0.2, 0) is 9.59 Å². The van der Waals surface area contributed by atoms with E-state index in [-0.39, 0.29) is 5.97 Å². The molecular formula is C14H16O5. The van der Waals surface area contributed by atoms with Crippen LogP contribution in [0, 0.1) is 0 Å². The molecule has 1 rings (SSSR count). The molecule has 0 fully saturated rings. The maximum absolute atomic E-state index is 11.4. The summed E-state index contributed by atoms with van der Waals surface area (Å²) in [6.07, 6.45) is 3.50. The summed E-state index contributed by atoms with van der Waals surface area (Å²) in [6.45, 7) is 1.89. The summed E-state index contributed by atoms with van der Waals surface area (Å²) >= 11 is 0. The van der Waals surface area contributed by atoms with E-state index in [1.165, 1.54) is 13.2 Å². The van der Waals surface area contributed by atoms with Gasteiger partial charge in [0.25, 0.3) is 0 Å². The van der Waals surface area contributed by atoms with E-state index in [1.807, 2.05) is 6.92 Å². The maximum Gasteiger partial charge on any atom is 0.328 e. The number of benzene rings is 1. The predicted molar refractivity (Wildman–Crippen MR) is 70.2 cm³/mol. The summed E-state index contributed by atoms with van der Waals surface area (Å²) in [7, 11) is 1.46. The fourth-order valence-electron chi connectivity index (χ4n) is 1.42. The Bertz CT molecular complexity index is 491. The third-order valence-electron chi connectivity index (χ3n) is 2.28. The predicted octanol–water partition coefficient (Wildman–Crippen LogP) is 2.50. The van der Waals surface area contributed by atoms with Gasteiger partial charge in [-0.3, -0.25) is 4.79 Å². The highest BCUT2D eigenvalue weighted by Gasteiger charge is 2.09. The highest BCUT2D eigenvalue weighted by molar-refractivity contribution is 5.85. The van der Waals surface area contributed by atoms with Crippen LogP contribution in [0.4, 0.5) is 0 Å². The number of carboxylic acids is 1. The number of esters is 1. The number of carbonyl (C=O) groups is 2. The fourth-order valence-corrected chi connectivity index (χ4v) is 1.42. The zero-order valence-electron chi connectivity index (χ0n) is 10.9. The fraction of sp³-hybridized carbons (Fsp3) is 0.286. The van der Waals surface area contributed by atoms with Crippen molar-refractivity contribution >= 4 is 18.0 Å². The average molecular weight is 264 g/mol. The van der Waals surface area contributed by atoms with Crippen LogP contribution in [0.3, 0.4) is 0 Å². The van der Waals surface area contributed by atoms with Crippen molar-refractivity contribution < 1.29 is 24.2 Å². The highest BCUT2D eigenvalue weighted by atomic mass is 16.6. The first-order chi connectivity index (χ1) is 9.06. The number of aliphatic carboxylic acids is 1. The molecule has 0 saturated carbocycles. The summed E-state index contributed by atoms with van der Waals surface area (Å²) in [5.41, 5.74) is 0.648. The van der Waals surface area contributed by atoms with Crippen LogP contribution in [0.15, 0.2) is 24.3 Å². The van der Waals surface area contributed by atoms with Gasteiger partial charge in [-0.05, 0) is 30.2 Å². The van der Waals surface area contributed by atoms with Crippen LogP contribution >= 0.6 is 0 Å². The second-order valence-corrected chi connectivity index (χ2v) is 3.81. The van der Waals surface area contributed by atoms with Gasteiger partial charge in [0, 0.05) is 12.5 Å². The molecule has 0 aromatic heterocycles. The molecule has 0 atom stereocenters. The van der Waals surface area contributed by atoms with Crippen LogP contribution in [0.1, 0.15) is 25.3 Å². The first-order valence-electron chi connectivity index (χ1n) is 5.86. The lowest BCUT2D eigenvalue weighted by atomic mass is 10.2. The number of hydrogen-bond donors (Lipinski definition) is 1. The topological polar surface area (TPSA) is 72.8 Å². The summed E-state index contributed by atoms with van der Waals surface area (Å²) in [5.74, 6) is -0.641. The molecule has 5 heteroatoms. The SMILES string of the molecule is CCCC(=O)Oc1ccc(/C=C/C(=O)O)cc1OC. The smallest absolute Gasteiger partial charge is 0.328 e. The number of carboxylic acid groups (broad SMARTS) is 1. The van der Waals surface area contributed by atoms with Gasteiger partial charge in [0.05, 0.1) is 7.11 Å². The molecule has 1 N–H and O–H groups in total. The summed E-state index contributed by atoms with van der Waals surface area (Å²) in [6, 6.07) is 4.83. The normalized spacial score (nSPS) is 10.4. The molecule has 0 spiro atoms. The first kappa shape index (κ1) is 14.8. The Hall–Kier alpha value is -2.30. The van der Waals surface area contributed by atoms with Crippen molar-refractivity contribution in [3.05, 3.63) is 29.8 Å². The molecule has 102 valence electrons. The van der Waals surface area contributed by atoms with Crippen molar-refractivity contribution in [3.8, 4) is 11.5 Å². The molecule has 0 aliphatic carbocycles. The molecular weight excluding hydrogens is 248 g/mol. The summed E-state index contributed by atoms with van der Waals surface area (Å²) in [4.78, 5) is 21.8. The Morgan fingerprint density at radius 3 is 2.63 bits per heavy atom. The monoisotopic (exact) mass is 264 g/mol. The van der Waals surface area contributed by atoms with Crippen molar-refractivity contribution in [1.29, 1.82) is 0 Å². The van der Waals surface area contributed by atoms with Gasteiger partial charge in [-0.1, -0.05) is 13.0 Å². The number of ether oxygens (including phenoxy) is 2. The van der Waals surface area contributed by atoms with Crippen molar-refractivity contribution in [2.24, 2.45) is 0 Å². The van der Waals surface area contributed by atoms with Crippen LogP contribution in [0.25, 0.3) is 6.08 Å². The summed E-state index contributed by atoms with van der Waals surface area (Å²) in [5, 5.41) is 8.55. The molecule has 0 saturated heterocycles. The average Bonchev–Trinajstić information content (AvgIpc) is 2.37. The number of carbonyl (C=O) groups excluding carboxylic acids is 1. The van der Waals surface area contributed by atoms with Gasteiger partial charge in [0.1, 0.15) is 0 Å². The van der Waals surface area contributed by atoms with E-state index in [4.69, 9.17) is 14.6 Å². The molecule has 19 heavy (non-hydrogen) atoms. The van der Waals surface area contributed by atoms with Crippen LogP contribution in [-0.4, -0.2) is 24.2 Å². The second-order valence-electron chi connectivity index (χ2n) is 3.81. The Morgan fingerprint density at radius 1 is 1.32 bits per heavy atom. The third kappa shape index (κ3) is 4.83.